The van der Waals surface area contributed by atoms with Gasteiger partial charge in [-0.2, -0.15) is 0 Å². The van der Waals surface area contributed by atoms with E-state index in [0.717, 1.165) is 32.1 Å². The van der Waals surface area contributed by atoms with Gasteiger partial charge in [-0.05, 0) is 25.3 Å². The molecule has 2 rings (SSSR count). The van der Waals surface area contributed by atoms with Gasteiger partial charge in [0, 0.05) is 17.6 Å². The normalized spacial score (nSPS) is 29.0. The van der Waals surface area contributed by atoms with Crippen LogP contribution >= 0.6 is 0 Å². The van der Waals surface area contributed by atoms with Gasteiger partial charge in [-0.25, -0.2) is 4.79 Å². The van der Waals surface area contributed by atoms with Gasteiger partial charge in [0.1, 0.15) is 12.2 Å². The summed E-state index contributed by atoms with van der Waals surface area (Å²) in [6.45, 7) is 3.23. The zero-order valence-corrected chi connectivity index (χ0v) is 15.0. The SMILES string of the molecule is CCCCCCCC1=C(CO)[C@@H](O)[C@H]2O[C@@]2(C/C=C(\C)C(=O)O)C1=O. The average Bonchev–Trinajstić information content (AvgIpc) is 3.33. The molecular weight excluding hydrogens is 324 g/mol. The van der Waals surface area contributed by atoms with Gasteiger partial charge < -0.3 is 20.1 Å². The molecule has 0 radical (unpaired) electrons. The number of rotatable bonds is 10. The van der Waals surface area contributed by atoms with Crippen LogP contribution in [0.2, 0.25) is 0 Å². The van der Waals surface area contributed by atoms with E-state index in [-0.39, 0.29) is 24.4 Å². The number of aliphatic hydroxyl groups is 2. The van der Waals surface area contributed by atoms with E-state index in [4.69, 9.17) is 9.84 Å². The van der Waals surface area contributed by atoms with Crippen LogP contribution in [0.15, 0.2) is 22.8 Å². The molecule has 1 fully saturated rings. The van der Waals surface area contributed by atoms with Gasteiger partial charge in [-0.3, -0.25) is 4.79 Å². The second-order valence-corrected chi connectivity index (χ2v) is 6.92. The molecule has 0 saturated carbocycles. The molecule has 3 N–H and O–H groups in total. The molecule has 25 heavy (non-hydrogen) atoms. The highest BCUT2D eigenvalue weighted by atomic mass is 16.6. The van der Waals surface area contributed by atoms with Crippen molar-refractivity contribution in [1.29, 1.82) is 0 Å². The topological polar surface area (TPSA) is 107 Å². The zero-order valence-electron chi connectivity index (χ0n) is 15.0. The van der Waals surface area contributed by atoms with Gasteiger partial charge in [0.15, 0.2) is 11.4 Å². The van der Waals surface area contributed by atoms with Crippen molar-refractivity contribution in [2.45, 2.75) is 76.6 Å². The Morgan fingerprint density at radius 3 is 2.56 bits per heavy atom. The van der Waals surface area contributed by atoms with Crippen molar-refractivity contribution in [2.75, 3.05) is 6.61 Å². The Labute approximate surface area is 148 Å². The largest absolute Gasteiger partial charge is 0.478 e. The summed E-state index contributed by atoms with van der Waals surface area (Å²) in [6.07, 6.45) is 5.61. The third-order valence-electron chi connectivity index (χ3n) is 5.18. The predicted octanol–water partition coefficient (Wildman–Crippen LogP) is 2.14. The molecule has 1 saturated heterocycles. The van der Waals surface area contributed by atoms with Crippen LogP contribution in [0.4, 0.5) is 0 Å². The number of unbranched alkanes of at least 4 members (excludes halogenated alkanes) is 4. The predicted molar refractivity (Wildman–Crippen MR) is 92.1 cm³/mol. The van der Waals surface area contributed by atoms with Crippen molar-refractivity contribution < 1.29 is 29.6 Å². The van der Waals surface area contributed by atoms with Crippen molar-refractivity contribution in [3.05, 3.63) is 22.8 Å². The highest BCUT2D eigenvalue weighted by Crippen LogP contribution is 2.51. The number of epoxide rings is 1. The van der Waals surface area contributed by atoms with Gasteiger partial charge in [-0.1, -0.05) is 38.7 Å². The molecular formula is C19H28O6. The summed E-state index contributed by atoms with van der Waals surface area (Å²) in [6, 6.07) is 0. The third-order valence-corrected chi connectivity index (χ3v) is 5.18. The molecule has 2 aliphatic rings. The zero-order chi connectivity index (χ0) is 18.6. The van der Waals surface area contributed by atoms with Crippen molar-refractivity contribution in [3.8, 4) is 0 Å². The second-order valence-electron chi connectivity index (χ2n) is 6.92. The Morgan fingerprint density at radius 1 is 1.28 bits per heavy atom. The number of ketones is 1. The molecule has 0 spiro atoms. The molecule has 0 aromatic rings. The standard InChI is InChI=1S/C19H28O6/c1-3-4-5-6-7-8-13-14(11-20)15(21)17-19(25-17,16(13)22)10-9-12(2)18(23)24/h9,15,17,20-21H,3-8,10-11H2,1-2H3,(H,23,24)/b12-9+/t15-,17-,19+/m1/s1. The number of ether oxygens (including phenoxy) is 1. The summed E-state index contributed by atoms with van der Waals surface area (Å²) in [7, 11) is 0. The maximum Gasteiger partial charge on any atom is 0.330 e. The van der Waals surface area contributed by atoms with Gasteiger partial charge in [0.2, 0.25) is 0 Å². The maximum atomic E-state index is 12.9. The molecule has 1 aliphatic heterocycles. The molecule has 6 nitrogen and oxygen atoms in total. The fourth-order valence-corrected chi connectivity index (χ4v) is 3.47. The van der Waals surface area contributed by atoms with Crippen LogP contribution in [-0.2, 0) is 14.3 Å². The Morgan fingerprint density at radius 2 is 1.96 bits per heavy atom. The number of carboxylic acids is 1. The van der Waals surface area contributed by atoms with E-state index in [1.165, 1.54) is 13.0 Å². The van der Waals surface area contributed by atoms with Crippen molar-refractivity contribution in [3.63, 3.8) is 0 Å². The van der Waals surface area contributed by atoms with Gasteiger partial charge in [0.25, 0.3) is 0 Å². The van der Waals surface area contributed by atoms with E-state index in [1.54, 1.807) is 0 Å². The first-order chi connectivity index (χ1) is 11.9. The van der Waals surface area contributed by atoms with E-state index < -0.39 is 23.8 Å². The van der Waals surface area contributed by atoms with Crippen LogP contribution < -0.4 is 0 Å². The minimum absolute atomic E-state index is 0.129. The number of hydrogen-bond acceptors (Lipinski definition) is 5. The van der Waals surface area contributed by atoms with Gasteiger partial charge in [-0.15, -0.1) is 0 Å². The Hall–Kier alpha value is -1.50. The van der Waals surface area contributed by atoms with Crippen LogP contribution in [0.25, 0.3) is 0 Å². The van der Waals surface area contributed by atoms with Crippen molar-refractivity contribution >= 4 is 11.8 Å². The number of carbonyl (C=O) groups is 2. The number of aliphatic hydroxyl groups excluding tert-OH is 2. The second kappa shape index (κ2) is 8.25. The van der Waals surface area contributed by atoms with Crippen LogP contribution in [0, 0.1) is 0 Å². The minimum atomic E-state index is -1.16. The fourth-order valence-electron chi connectivity index (χ4n) is 3.47. The number of hydrogen-bond donors (Lipinski definition) is 3. The van der Waals surface area contributed by atoms with E-state index in [1.807, 2.05) is 0 Å². The van der Waals surface area contributed by atoms with E-state index >= 15 is 0 Å². The monoisotopic (exact) mass is 352 g/mol. The van der Waals surface area contributed by atoms with E-state index in [9.17, 15) is 19.8 Å². The molecule has 0 amide bonds. The summed E-state index contributed by atoms with van der Waals surface area (Å²) < 4.78 is 5.54. The smallest absolute Gasteiger partial charge is 0.330 e. The molecule has 0 unspecified atom stereocenters. The lowest BCUT2D eigenvalue weighted by Gasteiger charge is -2.25. The molecule has 6 heteroatoms. The average molecular weight is 352 g/mol. The summed E-state index contributed by atoms with van der Waals surface area (Å²) in [5.41, 5.74) is -0.198. The molecule has 140 valence electrons. The quantitative estimate of drug-likeness (QED) is 0.316. The lowest BCUT2D eigenvalue weighted by Crippen LogP contribution is -2.41. The third kappa shape index (κ3) is 4.02. The summed E-state index contributed by atoms with van der Waals surface area (Å²) in [5, 5.41) is 29.0. The highest BCUT2D eigenvalue weighted by molar-refractivity contribution is 6.06. The van der Waals surface area contributed by atoms with Crippen LogP contribution in [0.3, 0.4) is 0 Å². The Balaban J connectivity index is 2.12. The van der Waals surface area contributed by atoms with Crippen molar-refractivity contribution in [2.24, 2.45) is 0 Å². The molecule has 1 heterocycles. The maximum absolute atomic E-state index is 12.9. The fraction of sp³-hybridized carbons (Fsp3) is 0.684. The molecule has 0 bridgehead atoms. The summed E-state index contributed by atoms with van der Waals surface area (Å²) >= 11 is 0. The van der Waals surface area contributed by atoms with E-state index in [0.29, 0.717) is 17.6 Å². The Kier molecular flexibility index (Phi) is 6.54. The number of carboxylic acid groups (broad SMARTS) is 1. The first-order valence-electron chi connectivity index (χ1n) is 9.02. The number of carbonyl (C=O) groups excluding carboxylic acids is 1. The number of fused-ring (bicyclic) bond motifs is 1. The number of Topliss-reactive ketones (excluding diaryl/α,β-unsaturated/α-hetero) is 1. The van der Waals surface area contributed by atoms with Crippen LogP contribution in [-0.4, -0.2) is 51.5 Å². The lowest BCUT2D eigenvalue weighted by atomic mass is 9.77. The minimum Gasteiger partial charge on any atom is -0.478 e. The number of aliphatic carboxylic acids is 1. The molecule has 0 aromatic carbocycles. The molecule has 1 aliphatic carbocycles. The highest BCUT2D eigenvalue weighted by Gasteiger charge is 2.67. The van der Waals surface area contributed by atoms with Gasteiger partial charge >= 0.3 is 5.97 Å². The molecule has 0 aromatic heterocycles. The molecule has 3 atom stereocenters. The van der Waals surface area contributed by atoms with Crippen LogP contribution in [0.5, 0.6) is 0 Å². The Bertz CT molecular complexity index is 591. The first-order valence-corrected chi connectivity index (χ1v) is 9.02. The summed E-state index contributed by atoms with van der Waals surface area (Å²) in [5.74, 6) is -1.25. The van der Waals surface area contributed by atoms with Gasteiger partial charge in [0.05, 0.1) is 6.61 Å². The summed E-state index contributed by atoms with van der Waals surface area (Å²) in [4.78, 5) is 23.9. The lowest BCUT2D eigenvalue weighted by molar-refractivity contribution is -0.132. The van der Waals surface area contributed by atoms with Crippen LogP contribution in [0.1, 0.15) is 58.8 Å². The van der Waals surface area contributed by atoms with Crippen molar-refractivity contribution in [1.82, 2.24) is 0 Å². The van der Waals surface area contributed by atoms with E-state index in [2.05, 4.69) is 6.92 Å². The first kappa shape index (κ1) is 19.8.